The zero-order chi connectivity index (χ0) is 19.7. The van der Waals surface area contributed by atoms with Crippen molar-refractivity contribution in [1.82, 2.24) is 10.2 Å². The van der Waals surface area contributed by atoms with Crippen LogP contribution in [-0.4, -0.2) is 63.6 Å². The second-order valence-electron chi connectivity index (χ2n) is 7.43. The Bertz CT molecular complexity index is 846. The van der Waals surface area contributed by atoms with Gasteiger partial charge >= 0.3 is 0 Å². The van der Waals surface area contributed by atoms with E-state index in [1.807, 2.05) is 36.4 Å². The van der Waals surface area contributed by atoms with Crippen LogP contribution in [0.5, 0.6) is 0 Å². The third-order valence-corrected chi connectivity index (χ3v) is 5.46. The summed E-state index contributed by atoms with van der Waals surface area (Å²) in [6.07, 6.45) is -2.84. The zero-order valence-electron chi connectivity index (χ0n) is 15.4. The van der Waals surface area contributed by atoms with Gasteiger partial charge in [0.15, 0.2) is 0 Å². The number of hydrogen-bond donors (Lipinski definition) is 4. The molecule has 0 radical (unpaired) electrons. The van der Waals surface area contributed by atoms with Crippen molar-refractivity contribution in [2.24, 2.45) is 0 Å². The summed E-state index contributed by atoms with van der Waals surface area (Å²) in [7, 11) is 0. The Kier molecular flexibility index (Phi) is 5.18. The molecule has 2 aliphatic heterocycles. The van der Waals surface area contributed by atoms with E-state index in [1.54, 1.807) is 23.1 Å². The number of ether oxygens (including phenoxy) is 1. The maximum atomic E-state index is 12.5. The van der Waals surface area contributed by atoms with Gasteiger partial charge in [-0.2, -0.15) is 0 Å². The summed E-state index contributed by atoms with van der Waals surface area (Å²) >= 11 is 0. The fourth-order valence-corrected chi connectivity index (χ4v) is 3.79. The van der Waals surface area contributed by atoms with E-state index < -0.39 is 24.0 Å². The van der Waals surface area contributed by atoms with Gasteiger partial charge in [-0.3, -0.25) is 10.1 Å². The van der Waals surface area contributed by atoms with Crippen molar-refractivity contribution in [3.63, 3.8) is 0 Å². The van der Waals surface area contributed by atoms with Gasteiger partial charge in [-0.05, 0) is 17.2 Å². The Balaban J connectivity index is 1.35. The van der Waals surface area contributed by atoms with Crippen LogP contribution in [0.15, 0.2) is 54.6 Å². The standard InChI is InChI=1S/C21H24N2O5/c24-18-17(11-23-10-15-8-4-5-9-16(15)20(23)26)28-13-21(18,27)12-22-19(25)14-6-2-1-3-7-14/h1-9,17-19,22,24-25,27H,10-13H2/t17-,18-,19?,21+/m1/s1. The average Bonchev–Trinajstić information content (AvgIpc) is 3.19. The average molecular weight is 384 g/mol. The van der Waals surface area contributed by atoms with Crippen LogP contribution in [0, 0.1) is 0 Å². The molecule has 0 aliphatic carbocycles. The summed E-state index contributed by atoms with van der Waals surface area (Å²) in [6.45, 7) is 0.528. The molecule has 1 amide bonds. The Morgan fingerprint density at radius 2 is 1.89 bits per heavy atom. The molecule has 0 saturated carbocycles. The summed E-state index contributed by atoms with van der Waals surface area (Å²) in [6, 6.07) is 16.4. The van der Waals surface area contributed by atoms with Gasteiger partial charge in [-0.1, -0.05) is 48.5 Å². The molecule has 4 rings (SSSR count). The Morgan fingerprint density at radius 1 is 1.18 bits per heavy atom. The molecule has 0 bridgehead atoms. The number of nitrogens with one attached hydrogen (secondary N) is 1. The van der Waals surface area contributed by atoms with E-state index in [1.165, 1.54) is 0 Å². The lowest BCUT2D eigenvalue weighted by Crippen LogP contribution is -2.53. The van der Waals surface area contributed by atoms with Gasteiger partial charge in [-0.25, -0.2) is 0 Å². The molecule has 1 saturated heterocycles. The molecule has 28 heavy (non-hydrogen) atoms. The van der Waals surface area contributed by atoms with Crippen molar-refractivity contribution < 1.29 is 24.9 Å². The molecule has 2 aromatic rings. The Morgan fingerprint density at radius 3 is 2.64 bits per heavy atom. The van der Waals surface area contributed by atoms with Crippen molar-refractivity contribution in [1.29, 1.82) is 0 Å². The van der Waals surface area contributed by atoms with Crippen LogP contribution in [0.25, 0.3) is 0 Å². The predicted molar refractivity (Wildman–Crippen MR) is 101 cm³/mol. The van der Waals surface area contributed by atoms with Gasteiger partial charge < -0.3 is 25.0 Å². The van der Waals surface area contributed by atoms with Gasteiger partial charge in [0.05, 0.1) is 13.2 Å². The number of amides is 1. The normalized spacial score (nSPS) is 27.8. The molecule has 0 spiro atoms. The third kappa shape index (κ3) is 3.55. The number of benzene rings is 2. The lowest BCUT2D eigenvalue weighted by Gasteiger charge is -2.29. The van der Waals surface area contributed by atoms with E-state index in [0.29, 0.717) is 17.7 Å². The summed E-state index contributed by atoms with van der Waals surface area (Å²) in [4.78, 5) is 14.1. The summed E-state index contributed by atoms with van der Waals surface area (Å²) in [5.41, 5.74) is 0.730. The lowest BCUT2D eigenvalue weighted by atomic mass is 9.96. The summed E-state index contributed by atoms with van der Waals surface area (Å²) in [5, 5.41) is 34.5. The first-order valence-electron chi connectivity index (χ1n) is 9.33. The van der Waals surface area contributed by atoms with Crippen LogP contribution in [0.2, 0.25) is 0 Å². The molecular weight excluding hydrogens is 360 g/mol. The largest absolute Gasteiger partial charge is 0.387 e. The highest BCUT2D eigenvalue weighted by molar-refractivity contribution is 5.98. The number of rotatable bonds is 6. The minimum absolute atomic E-state index is 0.0467. The van der Waals surface area contributed by atoms with E-state index in [9.17, 15) is 20.1 Å². The van der Waals surface area contributed by atoms with Crippen molar-refractivity contribution in [2.45, 2.75) is 30.6 Å². The minimum atomic E-state index is -1.55. The molecule has 2 aliphatic rings. The molecule has 2 aromatic carbocycles. The van der Waals surface area contributed by atoms with Crippen molar-refractivity contribution in [3.8, 4) is 0 Å². The highest BCUT2D eigenvalue weighted by Crippen LogP contribution is 2.29. The molecule has 1 unspecified atom stereocenters. The molecule has 2 heterocycles. The molecule has 148 valence electrons. The van der Waals surface area contributed by atoms with E-state index in [2.05, 4.69) is 5.32 Å². The van der Waals surface area contributed by atoms with Crippen LogP contribution in [0.3, 0.4) is 0 Å². The molecule has 7 nitrogen and oxygen atoms in total. The lowest BCUT2D eigenvalue weighted by molar-refractivity contribution is -0.0577. The third-order valence-electron chi connectivity index (χ3n) is 5.46. The molecule has 7 heteroatoms. The topological polar surface area (TPSA) is 102 Å². The predicted octanol–water partition coefficient (Wildman–Crippen LogP) is 0.414. The first-order valence-corrected chi connectivity index (χ1v) is 9.33. The van der Waals surface area contributed by atoms with Crippen LogP contribution in [-0.2, 0) is 11.3 Å². The smallest absolute Gasteiger partial charge is 0.254 e. The van der Waals surface area contributed by atoms with Gasteiger partial charge in [0.25, 0.3) is 5.91 Å². The molecule has 4 atom stereocenters. The van der Waals surface area contributed by atoms with Gasteiger partial charge in [0.1, 0.15) is 24.0 Å². The van der Waals surface area contributed by atoms with Crippen LogP contribution in [0.4, 0.5) is 0 Å². The number of aliphatic hydroxyl groups excluding tert-OH is 2. The van der Waals surface area contributed by atoms with Crippen molar-refractivity contribution in [3.05, 3.63) is 71.3 Å². The Labute approximate surface area is 163 Å². The monoisotopic (exact) mass is 384 g/mol. The van der Waals surface area contributed by atoms with Gasteiger partial charge in [-0.15, -0.1) is 0 Å². The van der Waals surface area contributed by atoms with Gasteiger partial charge in [0.2, 0.25) is 0 Å². The minimum Gasteiger partial charge on any atom is -0.387 e. The number of hydrogen-bond acceptors (Lipinski definition) is 6. The van der Waals surface area contributed by atoms with Crippen molar-refractivity contribution >= 4 is 5.91 Å². The SMILES string of the molecule is O=C1c2ccccc2CN1C[C@H]1OC[C@@](O)(CNC(O)c2ccccc2)[C@@H]1O. The summed E-state index contributed by atoms with van der Waals surface area (Å²) in [5.74, 6) is -0.0977. The first kappa shape index (κ1) is 19.0. The summed E-state index contributed by atoms with van der Waals surface area (Å²) < 4.78 is 5.61. The van der Waals surface area contributed by atoms with E-state index in [0.717, 1.165) is 5.56 Å². The maximum Gasteiger partial charge on any atom is 0.254 e. The van der Waals surface area contributed by atoms with E-state index in [-0.39, 0.29) is 25.6 Å². The number of aliphatic hydroxyl groups is 3. The van der Waals surface area contributed by atoms with Crippen LogP contribution in [0.1, 0.15) is 27.7 Å². The highest BCUT2D eigenvalue weighted by atomic mass is 16.5. The second kappa shape index (κ2) is 7.62. The Hall–Kier alpha value is -2.29. The van der Waals surface area contributed by atoms with Crippen LogP contribution >= 0.6 is 0 Å². The van der Waals surface area contributed by atoms with Crippen molar-refractivity contribution in [2.75, 3.05) is 19.7 Å². The quantitative estimate of drug-likeness (QED) is 0.538. The maximum absolute atomic E-state index is 12.5. The zero-order valence-corrected chi connectivity index (χ0v) is 15.4. The first-order chi connectivity index (χ1) is 13.5. The molecule has 4 N–H and O–H groups in total. The van der Waals surface area contributed by atoms with Crippen LogP contribution < -0.4 is 5.32 Å². The molecular formula is C21H24N2O5. The number of carbonyl (C=O) groups is 1. The molecule has 1 fully saturated rings. The highest BCUT2D eigenvalue weighted by Gasteiger charge is 2.49. The fourth-order valence-electron chi connectivity index (χ4n) is 3.79. The van der Waals surface area contributed by atoms with Gasteiger partial charge in [0, 0.05) is 18.7 Å². The van der Waals surface area contributed by atoms with E-state index >= 15 is 0 Å². The fraction of sp³-hybridized carbons (Fsp3) is 0.381. The number of carbonyl (C=O) groups excluding carboxylic acids is 1. The molecule has 0 aromatic heterocycles. The number of nitrogens with zero attached hydrogens (tertiary/aromatic N) is 1. The second-order valence-corrected chi connectivity index (χ2v) is 7.43. The van der Waals surface area contributed by atoms with E-state index in [4.69, 9.17) is 4.74 Å². The number of fused-ring (bicyclic) bond motifs is 1.